The molecule has 7 nitrogen and oxygen atoms in total. The molecule has 0 radical (unpaired) electrons. The van der Waals surface area contributed by atoms with Crippen molar-refractivity contribution in [1.82, 2.24) is 15.8 Å². The van der Waals surface area contributed by atoms with Gasteiger partial charge in [-0.1, -0.05) is 19.0 Å². The highest BCUT2D eigenvalue weighted by molar-refractivity contribution is 5.79. The van der Waals surface area contributed by atoms with Crippen LogP contribution in [0.15, 0.2) is 9.52 Å². The second kappa shape index (κ2) is 11.9. The SMILES string of the molecule is CCNC(=NCc1c(CC)noc1CC)NCCCOCC1CCCO1. The Morgan fingerprint density at radius 1 is 1.27 bits per heavy atom. The van der Waals surface area contributed by atoms with E-state index in [0.717, 1.165) is 81.4 Å². The summed E-state index contributed by atoms with van der Waals surface area (Å²) >= 11 is 0. The second-order valence-corrected chi connectivity index (χ2v) is 6.42. The van der Waals surface area contributed by atoms with Gasteiger partial charge in [0.2, 0.25) is 0 Å². The van der Waals surface area contributed by atoms with Crippen LogP contribution in [-0.2, 0) is 28.9 Å². The standard InChI is InChI=1S/C19H34N4O3/c1-4-17-16(18(5-2)26-23-17)13-22-19(20-6-3)21-10-8-11-24-14-15-9-7-12-25-15/h15H,4-14H2,1-3H3,(H2,20,21,22). The van der Waals surface area contributed by atoms with E-state index in [1.54, 1.807) is 0 Å². The van der Waals surface area contributed by atoms with E-state index in [1.807, 2.05) is 0 Å². The molecule has 0 saturated carbocycles. The van der Waals surface area contributed by atoms with Gasteiger partial charge in [-0.15, -0.1) is 0 Å². The van der Waals surface area contributed by atoms with Crippen LogP contribution >= 0.6 is 0 Å². The fourth-order valence-electron chi connectivity index (χ4n) is 2.99. The van der Waals surface area contributed by atoms with E-state index in [0.29, 0.717) is 19.3 Å². The molecule has 1 aliphatic rings. The van der Waals surface area contributed by atoms with Crippen molar-refractivity contribution < 1.29 is 14.0 Å². The summed E-state index contributed by atoms with van der Waals surface area (Å²) in [5.74, 6) is 1.75. The lowest BCUT2D eigenvalue weighted by atomic mass is 10.1. The van der Waals surface area contributed by atoms with Gasteiger partial charge in [-0.3, -0.25) is 0 Å². The molecule has 2 N–H and O–H groups in total. The molecule has 0 aliphatic carbocycles. The highest BCUT2D eigenvalue weighted by atomic mass is 16.5. The molecular weight excluding hydrogens is 332 g/mol. The van der Waals surface area contributed by atoms with E-state index >= 15 is 0 Å². The van der Waals surface area contributed by atoms with Gasteiger partial charge < -0.3 is 24.6 Å². The molecule has 1 saturated heterocycles. The fraction of sp³-hybridized carbons (Fsp3) is 0.789. The highest BCUT2D eigenvalue weighted by Crippen LogP contribution is 2.16. The Kier molecular flexibility index (Phi) is 9.48. The van der Waals surface area contributed by atoms with E-state index in [-0.39, 0.29) is 0 Å². The van der Waals surface area contributed by atoms with Gasteiger partial charge in [0.1, 0.15) is 5.76 Å². The van der Waals surface area contributed by atoms with Crippen molar-refractivity contribution in [1.29, 1.82) is 0 Å². The lowest BCUT2D eigenvalue weighted by molar-refractivity contribution is 0.0168. The first-order valence-corrected chi connectivity index (χ1v) is 9.96. The Morgan fingerprint density at radius 3 is 2.85 bits per heavy atom. The minimum absolute atomic E-state index is 0.297. The van der Waals surface area contributed by atoms with Gasteiger partial charge in [-0.25, -0.2) is 4.99 Å². The number of ether oxygens (including phenoxy) is 2. The van der Waals surface area contributed by atoms with E-state index in [1.165, 1.54) is 0 Å². The Hall–Kier alpha value is -1.60. The van der Waals surface area contributed by atoms with E-state index in [4.69, 9.17) is 14.0 Å². The third-order valence-corrected chi connectivity index (χ3v) is 4.43. The summed E-state index contributed by atoms with van der Waals surface area (Å²) < 4.78 is 16.7. The molecule has 1 unspecified atom stereocenters. The van der Waals surface area contributed by atoms with Gasteiger partial charge in [-0.2, -0.15) is 0 Å². The molecule has 0 bridgehead atoms. The number of nitrogens with one attached hydrogen (secondary N) is 2. The summed E-state index contributed by atoms with van der Waals surface area (Å²) in [7, 11) is 0. The molecule has 148 valence electrons. The zero-order chi connectivity index (χ0) is 18.6. The molecule has 2 rings (SSSR count). The number of nitrogens with zero attached hydrogens (tertiary/aromatic N) is 2. The van der Waals surface area contributed by atoms with Crippen molar-refractivity contribution in [2.24, 2.45) is 4.99 Å². The van der Waals surface area contributed by atoms with Crippen LogP contribution in [0.1, 0.15) is 57.1 Å². The molecular formula is C19H34N4O3. The Morgan fingerprint density at radius 2 is 2.15 bits per heavy atom. The van der Waals surface area contributed by atoms with Crippen LogP contribution in [0.25, 0.3) is 0 Å². The zero-order valence-electron chi connectivity index (χ0n) is 16.5. The molecule has 0 aromatic carbocycles. The Bertz CT molecular complexity index is 517. The summed E-state index contributed by atoms with van der Waals surface area (Å²) in [4.78, 5) is 4.69. The number of aliphatic imine (C=N–C) groups is 1. The first kappa shape index (κ1) is 20.7. The molecule has 7 heteroatoms. The monoisotopic (exact) mass is 366 g/mol. The van der Waals surface area contributed by atoms with E-state index < -0.39 is 0 Å². The second-order valence-electron chi connectivity index (χ2n) is 6.42. The van der Waals surface area contributed by atoms with Gasteiger partial charge >= 0.3 is 0 Å². The summed E-state index contributed by atoms with van der Waals surface area (Å²) in [6.07, 6.45) is 5.21. The minimum atomic E-state index is 0.297. The highest BCUT2D eigenvalue weighted by Gasteiger charge is 2.15. The molecule has 1 aromatic rings. The molecule has 1 aromatic heterocycles. The van der Waals surface area contributed by atoms with Crippen LogP contribution in [0.4, 0.5) is 0 Å². The molecule has 2 heterocycles. The van der Waals surface area contributed by atoms with Gasteiger partial charge in [0.05, 0.1) is 24.9 Å². The number of guanidine groups is 1. The maximum atomic E-state index is 5.69. The quantitative estimate of drug-likeness (QED) is 0.356. The summed E-state index contributed by atoms with van der Waals surface area (Å²) in [5, 5.41) is 10.8. The molecule has 26 heavy (non-hydrogen) atoms. The average molecular weight is 367 g/mol. The van der Waals surface area contributed by atoms with Crippen molar-refractivity contribution >= 4 is 5.96 Å². The summed E-state index contributed by atoms with van der Waals surface area (Å²) in [5.41, 5.74) is 2.12. The number of rotatable bonds is 11. The lowest BCUT2D eigenvalue weighted by Crippen LogP contribution is -2.38. The van der Waals surface area contributed by atoms with Crippen LogP contribution < -0.4 is 10.6 Å². The third-order valence-electron chi connectivity index (χ3n) is 4.43. The van der Waals surface area contributed by atoms with Crippen molar-refractivity contribution in [3.8, 4) is 0 Å². The van der Waals surface area contributed by atoms with Crippen molar-refractivity contribution in [3.63, 3.8) is 0 Å². The fourth-order valence-corrected chi connectivity index (χ4v) is 2.99. The number of aryl methyl sites for hydroxylation is 2. The van der Waals surface area contributed by atoms with Gasteiger partial charge in [0.25, 0.3) is 0 Å². The van der Waals surface area contributed by atoms with Crippen molar-refractivity contribution in [3.05, 3.63) is 17.0 Å². The summed E-state index contributed by atoms with van der Waals surface area (Å²) in [6.45, 7) is 10.8. The average Bonchev–Trinajstić information content (AvgIpc) is 3.31. The predicted molar refractivity (Wildman–Crippen MR) is 102 cm³/mol. The minimum Gasteiger partial charge on any atom is -0.379 e. The van der Waals surface area contributed by atoms with Gasteiger partial charge in [0.15, 0.2) is 5.96 Å². The Balaban J connectivity index is 1.73. The van der Waals surface area contributed by atoms with Gasteiger partial charge in [-0.05, 0) is 32.6 Å². The molecule has 1 atom stereocenters. The number of hydrogen-bond donors (Lipinski definition) is 2. The normalized spacial score (nSPS) is 17.7. The number of hydrogen-bond acceptors (Lipinski definition) is 5. The lowest BCUT2D eigenvalue weighted by Gasteiger charge is -2.12. The van der Waals surface area contributed by atoms with E-state index in [9.17, 15) is 0 Å². The molecule has 1 fully saturated rings. The maximum Gasteiger partial charge on any atom is 0.191 e. The largest absolute Gasteiger partial charge is 0.379 e. The van der Waals surface area contributed by atoms with Crippen LogP contribution in [0.3, 0.4) is 0 Å². The Labute approximate surface area is 156 Å². The predicted octanol–water partition coefficient (Wildman–Crippen LogP) is 2.44. The smallest absolute Gasteiger partial charge is 0.191 e. The maximum absolute atomic E-state index is 5.69. The third kappa shape index (κ3) is 6.61. The molecule has 1 aliphatic heterocycles. The van der Waals surface area contributed by atoms with Crippen LogP contribution in [0.5, 0.6) is 0 Å². The van der Waals surface area contributed by atoms with Crippen LogP contribution in [-0.4, -0.2) is 50.1 Å². The van der Waals surface area contributed by atoms with Crippen molar-refractivity contribution in [2.75, 3.05) is 32.9 Å². The molecule has 0 spiro atoms. The number of aromatic nitrogens is 1. The first-order chi connectivity index (χ1) is 12.8. The van der Waals surface area contributed by atoms with Crippen LogP contribution in [0.2, 0.25) is 0 Å². The topological polar surface area (TPSA) is 80.9 Å². The molecule has 0 amide bonds. The zero-order valence-corrected chi connectivity index (χ0v) is 16.5. The van der Waals surface area contributed by atoms with Crippen LogP contribution in [0, 0.1) is 0 Å². The van der Waals surface area contributed by atoms with Crippen molar-refractivity contribution in [2.45, 2.75) is 65.5 Å². The first-order valence-electron chi connectivity index (χ1n) is 9.96. The van der Waals surface area contributed by atoms with E-state index in [2.05, 4.69) is 41.6 Å². The summed E-state index contributed by atoms with van der Waals surface area (Å²) in [6, 6.07) is 0. The van der Waals surface area contributed by atoms with Gasteiger partial charge in [0, 0.05) is 38.3 Å².